The first-order chi connectivity index (χ1) is 14.5. The van der Waals surface area contributed by atoms with E-state index in [4.69, 9.17) is 4.99 Å². The number of aliphatic imine (C=N–C) groups is 1. The summed E-state index contributed by atoms with van der Waals surface area (Å²) < 4.78 is 0. The van der Waals surface area contributed by atoms with Gasteiger partial charge in [0.15, 0.2) is 5.96 Å². The molecule has 0 atom stereocenters. The largest absolute Gasteiger partial charge is 0.357 e. The molecule has 0 unspecified atom stereocenters. The van der Waals surface area contributed by atoms with Gasteiger partial charge in [-0.15, -0.1) is 35.3 Å². The predicted molar refractivity (Wildman–Crippen MR) is 142 cm³/mol. The zero-order valence-corrected chi connectivity index (χ0v) is 22.5. The van der Waals surface area contributed by atoms with Crippen LogP contribution < -0.4 is 10.6 Å². The van der Waals surface area contributed by atoms with Crippen molar-refractivity contribution >= 4 is 47.2 Å². The lowest BCUT2D eigenvalue weighted by Crippen LogP contribution is -2.52. The fourth-order valence-corrected chi connectivity index (χ4v) is 5.16. The van der Waals surface area contributed by atoms with Crippen LogP contribution in [0.3, 0.4) is 0 Å². The number of nitrogens with zero attached hydrogens (tertiary/aromatic N) is 3. The summed E-state index contributed by atoms with van der Waals surface area (Å²) in [6.07, 6.45) is 4.64. The minimum atomic E-state index is 0. The van der Waals surface area contributed by atoms with E-state index in [2.05, 4.69) is 58.7 Å². The minimum absolute atomic E-state index is 0. The normalized spacial score (nSPS) is 18.7. The van der Waals surface area contributed by atoms with Gasteiger partial charge in [-0.2, -0.15) is 0 Å². The summed E-state index contributed by atoms with van der Waals surface area (Å²) in [6.45, 7) is 13.7. The molecule has 1 aliphatic carbocycles. The molecule has 31 heavy (non-hydrogen) atoms. The van der Waals surface area contributed by atoms with Gasteiger partial charge in [-0.1, -0.05) is 32.8 Å². The number of guanidine groups is 1. The van der Waals surface area contributed by atoms with Crippen molar-refractivity contribution in [3.8, 4) is 0 Å². The van der Waals surface area contributed by atoms with Crippen LogP contribution in [-0.4, -0.2) is 74.0 Å². The minimum Gasteiger partial charge on any atom is -0.357 e. The quantitative estimate of drug-likeness (QED) is 0.290. The van der Waals surface area contributed by atoms with Gasteiger partial charge < -0.3 is 15.5 Å². The van der Waals surface area contributed by atoms with Crippen LogP contribution in [0.25, 0.3) is 0 Å². The number of thiophene rings is 1. The number of carbonyl (C=O) groups excluding carboxylic acids is 1. The Labute approximate surface area is 209 Å². The molecule has 6 nitrogen and oxygen atoms in total. The van der Waals surface area contributed by atoms with Gasteiger partial charge in [0.2, 0.25) is 5.91 Å². The lowest BCUT2D eigenvalue weighted by molar-refractivity contribution is -0.137. The Morgan fingerprint density at radius 2 is 1.90 bits per heavy atom. The highest BCUT2D eigenvalue weighted by Crippen LogP contribution is 2.28. The third-order valence-electron chi connectivity index (χ3n) is 6.27. The molecule has 1 aromatic rings. The van der Waals surface area contributed by atoms with Crippen molar-refractivity contribution in [1.29, 1.82) is 0 Å². The first-order valence-corrected chi connectivity index (χ1v) is 12.4. The average molecular weight is 562 g/mol. The standard InChI is InChI=1S/C23H39N5OS.HI/c1-4-24-22(26-18-23(2,3)20-10-7-17-30-20)25-11-12-27-13-15-28(16-14-27)21(29)19-8-5-6-9-19;/h7,10,17,19H,4-6,8-9,11-16,18H2,1-3H3,(H2,24,25,26);1H. The smallest absolute Gasteiger partial charge is 0.225 e. The number of rotatable bonds is 8. The van der Waals surface area contributed by atoms with Gasteiger partial charge in [0, 0.05) is 62.0 Å². The van der Waals surface area contributed by atoms with E-state index in [0.29, 0.717) is 11.8 Å². The molecule has 1 aliphatic heterocycles. The number of carbonyl (C=O) groups is 1. The van der Waals surface area contributed by atoms with Crippen LogP contribution in [0.5, 0.6) is 0 Å². The number of halogens is 1. The molecule has 2 N–H and O–H groups in total. The van der Waals surface area contributed by atoms with E-state index in [1.54, 1.807) is 11.3 Å². The molecule has 2 fully saturated rings. The van der Waals surface area contributed by atoms with Gasteiger partial charge in [-0.05, 0) is 31.2 Å². The first-order valence-electron chi connectivity index (χ1n) is 11.6. The van der Waals surface area contributed by atoms with Crippen LogP contribution in [0.4, 0.5) is 0 Å². The average Bonchev–Trinajstić information content (AvgIpc) is 3.46. The van der Waals surface area contributed by atoms with Crippen molar-refractivity contribution in [3.63, 3.8) is 0 Å². The maximum Gasteiger partial charge on any atom is 0.225 e. The highest BCUT2D eigenvalue weighted by atomic mass is 127. The number of hydrogen-bond donors (Lipinski definition) is 2. The van der Waals surface area contributed by atoms with Crippen LogP contribution in [0, 0.1) is 5.92 Å². The van der Waals surface area contributed by atoms with Gasteiger partial charge >= 0.3 is 0 Å². The van der Waals surface area contributed by atoms with Crippen LogP contribution in [-0.2, 0) is 10.2 Å². The highest BCUT2D eigenvalue weighted by molar-refractivity contribution is 14.0. The number of hydrogen-bond acceptors (Lipinski definition) is 4. The fourth-order valence-electron chi connectivity index (χ4n) is 4.32. The Morgan fingerprint density at radius 1 is 1.19 bits per heavy atom. The summed E-state index contributed by atoms with van der Waals surface area (Å²) in [5.74, 6) is 1.59. The topological polar surface area (TPSA) is 60.0 Å². The Morgan fingerprint density at radius 3 is 2.52 bits per heavy atom. The van der Waals surface area contributed by atoms with Gasteiger partial charge in [-0.3, -0.25) is 14.7 Å². The fraction of sp³-hybridized carbons (Fsp3) is 0.739. The Kier molecular flexibility index (Phi) is 11.1. The highest BCUT2D eigenvalue weighted by Gasteiger charge is 2.29. The molecule has 0 bridgehead atoms. The van der Waals surface area contributed by atoms with E-state index in [-0.39, 0.29) is 29.4 Å². The molecule has 2 heterocycles. The van der Waals surface area contributed by atoms with E-state index < -0.39 is 0 Å². The summed E-state index contributed by atoms with van der Waals surface area (Å²) in [4.78, 5) is 23.3. The van der Waals surface area contributed by atoms with Crippen LogP contribution in [0.1, 0.15) is 51.3 Å². The molecular formula is C23H40IN5OS. The SMILES string of the molecule is CCNC(=NCC(C)(C)c1cccs1)NCCN1CCN(C(=O)C2CCCC2)CC1.I. The Bertz CT molecular complexity index is 680. The number of amides is 1. The number of nitrogens with one attached hydrogen (secondary N) is 2. The van der Waals surface area contributed by atoms with Crippen molar-refractivity contribution in [1.82, 2.24) is 20.4 Å². The summed E-state index contributed by atoms with van der Waals surface area (Å²) in [5, 5.41) is 8.98. The van der Waals surface area contributed by atoms with Crippen molar-refractivity contribution < 1.29 is 4.79 Å². The van der Waals surface area contributed by atoms with E-state index >= 15 is 0 Å². The zero-order valence-electron chi connectivity index (χ0n) is 19.4. The monoisotopic (exact) mass is 561 g/mol. The van der Waals surface area contributed by atoms with Crippen LogP contribution in [0.2, 0.25) is 0 Å². The molecule has 1 aromatic heterocycles. The van der Waals surface area contributed by atoms with Crippen molar-refractivity contribution in [2.75, 3.05) is 52.4 Å². The summed E-state index contributed by atoms with van der Waals surface area (Å²) in [5.41, 5.74) is 0.0404. The second-order valence-corrected chi connectivity index (χ2v) is 10.1. The van der Waals surface area contributed by atoms with E-state index in [1.807, 2.05) is 0 Å². The van der Waals surface area contributed by atoms with E-state index in [1.165, 1.54) is 17.7 Å². The Balaban J connectivity index is 0.00000341. The zero-order chi connectivity index (χ0) is 21.4. The van der Waals surface area contributed by atoms with Gasteiger partial charge in [0.25, 0.3) is 0 Å². The molecule has 176 valence electrons. The maximum atomic E-state index is 12.6. The van der Waals surface area contributed by atoms with E-state index in [9.17, 15) is 4.79 Å². The lowest BCUT2D eigenvalue weighted by Gasteiger charge is -2.36. The molecule has 1 saturated heterocycles. The molecule has 1 saturated carbocycles. The lowest BCUT2D eigenvalue weighted by atomic mass is 9.92. The Hall–Kier alpha value is -0.870. The second-order valence-electron chi connectivity index (χ2n) is 9.13. The van der Waals surface area contributed by atoms with Gasteiger partial charge in [-0.25, -0.2) is 0 Å². The predicted octanol–water partition coefficient (Wildman–Crippen LogP) is 3.53. The van der Waals surface area contributed by atoms with Gasteiger partial charge in [0.05, 0.1) is 6.54 Å². The molecule has 1 amide bonds. The molecule has 8 heteroatoms. The van der Waals surface area contributed by atoms with Crippen molar-refractivity contribution in [3.05, 3.63) is 22.4 Å². The molecular weight excluding hydrogens is 521 g/mol. The third kappa shape index (κ3) is 7.89. The molecule has 2 aliphatic rings. The molecule has 0 aromatic carbocycles. The second kappa shape index (κ2) is 13.0. The van der Waals surface area contributed by atoms with Crippen LogP contribution in [0.15, 0.2) is 22.5 Å². The third-order valence-corrected chi connectivity index (χ3v) is 7.51. The van der Waals surface area contributed by atoms with E-state index in [0.717, 1.165) is 71.2 Å². The van der Waals surface area contributed by atoms with Crippen molar-refractivity contribution in [2.24, 2.45) is 10.9 Å². The maximum absolute atomic E-state index is 12.6. The summed E-state index contributed by atoms with van der Waals surface area (Å²) in [7, 11) is 0. The van der Waals surface area contributed by atoms with Crippen molar-refractivity contribution in [2.45, 2.75) is 51.9 Å². The van der Waals surface area contributed by atoms with Crippen LogP contribution >= 0.6 is 35.3 Å². The molecule has 0 spiro atoms. The first kappa shape index (κ1) is 26.4. The molecule has 0 radical (unpaired) electrons. The number of piperazine rings is 1. The summed E-state index contributed by atoms with van der Waals surface area (Å²) in [6, 6.07) is 4.30. The summed E-state index contributed by atoms with van der Waals surface area (Å²) >= 11 is 1.80. The molecule has 3 rings (SSSR count). The van der Waals surface area contributed by atoms with Gasteiger partial charge in [0.1, 0.15) is 0 Å².